The van der Waals surface area contributed by atoms with Gasteiger partial charge in [-0.3, -0.25) is 9.80 Å². The van der Waals surface area contributed by atoms with Crippen molar-refractivity contribution in [3.05, 3.63) is 35.9 Å². The van der Waals surface area contributed by atoms with E-state index in [1.807, 2.05) is 42.1 Å². The molecule has 2 unspecified atom stereocenters. The van der Waals surface area contributed by atoms with Gasteiger partial charge in [0, 0.05) is 37.7 Å². The van der Waals surface area contributed by atoms with Crippen LogP contribution < -0.4 is 0 Å². The summed E-state index contributed by atoms with van der Waals surface area (Å²) < 4.78 is 5.92. The molecule has 0 amide bonds. The molecule has 4 fully saturated rings. The molecule has 2 bridgehead atoms. The van der Waals surface area contributed by atoms with Gasteiger partial charge < -0.3 is 9.84 Å². The van der Waals surface area contributed by atoms with E-state index >= 15 is 0 Å². The highest BCUT2D eigenvalue weighted by molar-refractivity contribution is 7.99. The predicted molar refractivity (Wildman–Crippen MR) is 118 cm³/mol. The van der Waals surface area contributed by atoms with Crippen LogP contribution >= 0.6 is 36.6 Å². The third kappa shape index (κ3) is 5.15. The maximum Gasteiger partial charge on any atom is 0.344 e. The number of hydrogen-bond acceptors (Lipinski definition) is 6. The fourth-order valence-electron chi connectivity index (χ4n) is 4.35. The largest absolute Gasteiger partial charge is 0.458 e. The number of thioether (sulfide) groups is 1. The third-order valence-corrected chi connectivity index (χ3v) is 6.94. The van der Waals surface area contributed by atoms with Crippen molar-refractivity contribution < 1.29 is 14.6 Å². The molecule has 4 saturated heterocycles. The van der Waals surface area contributed by atoms with Gasteiger partial charge in [0.25, 0.3) is 0 Å². The quantitative estimate of drug-likeness (QED) is 0.697. The third-order valence-electron chi connectivity index (χ3n) is 6.00. The average Bonchev–Trinajstić information content (AvgIpc) is 2.70. The molecule has 0 spiro atoms. The molecular formula is C20H30Cl2N2O3S. The van der Waals surface area contributed by atoms with Gasteiger partial charge in [-0.15, -0.1) is 24.8 Å². The first-order chi connectivity index (χ1) is 12.6. The standard InChI is InChI=1S/C20H28N2O3S.2ClH/c23-19(25-18-14-21-8-6-16(18)7-9-21)20(24,17-4-2-1-3-5-17)15-22-10-12-26-13-11-22;;/h1-5,16,18,24H,6-15H2;2*1H. The number of aliphatic hydroxyl groups is 1. The summed E-state index contributed by atoms with van der Waals surface area (Å²) in [6.45, 7) is 5.11. The number of carbonyl (C=O) groups is 1. The van der Waals surface area contributed by atoms with E-state index in [-0.39, 0.29) is 30.9 Å². The van der Waals surface area contributed by atoms with Crippen molar-refractivity contribution in [2.24, 2.45) is 5.92 Å². The maximum atomic E-state index is 13.2. The summed E-state index contributed by atoms with van der Waals surface area (Å²) >= 11 is 1.92. The Bertz CT molecular complexity index is 625. The highest BCUT2D eigenvalue weighted by Crippen LogP contribution is 2.32. The summed E-state index contributed by atoms with van der Waals surface area (Å²) in [5, 5.41) is 11.5. The molecule has 8 heteroatoms. The Balaban J connectivity index is 0.00000140. The normalized spacial score (nSPS) is 29.1. The second-order valence-corrected chi connectivity index (χ2v) is 8.92. The molecule has 5 nitrogen and oxygen atoms in total. The zero-order valence-corrected chi connectivity index (χ0v) is 18.4. The van der Waals surface area contributed by atoms with Gasteiger partial charge in [0.05, 0.1) is 0 Å². The second-order valence-electron chi connectivity index (χ2n) is 7.70. The molecule has 0 aromatic heterocycles. The Kier molecular flexibility index (Phi) is 8.92. The Hall–Kier alpha value is -0.500. The van der Waals surface area contributed by atoms with Gasteiger partial charge in [0.1, 0.15) is 6.10 Å². The highest BCUT2D eigenvalue weighted by atomic mass is 35.5. The summed E-state index contributed by atoms with van der Waals surface area (Å²) in [6, 6.07) is 9.30. The smallest absolute Gasteiger partial charge is 0.344 e. The Morgan fingerprint density at radius 3 is 2.32 bits per heavy atom. The van der Waals surface area contributed by atoms with Gasteiger partial charge in [0.15, 0.2) is 5.60 Å². The number of rotatable bonds is 5. The number of halogens is 2. The van der Waals surface area contributed by atoms with Crippen molar-refractivity contribution in [3.8, 4) is 0 Å². The van der Waals surface area contributed by atoms with Gasteiger partial charge in [-0.1, -0.05) is 30.3 Å². The van der Waals surface area contributed by atoms with Crippen LogP contribution in [-0.4, -0.2) is 77.8 Å². The molecule has 1 N–H and O–H groups in total. The monoisotopic (exact) mass is 448 g/mol. The number of β-amino-alcohol motifs (C(OH)–C–C–N with tert-alkyl or cyclic N) is 1. The average molecular weight is 449 g/mol. The van der Waals surface area contributed by atoms with E-state index in [1.165, 1.54) is 0 Å². The lowest BCUT2D eigenvalue weighted by Gasteiger charge is -2.45. The zero-order chi connectivity index (χ0) is 18.0. The summed E-state index contributed by atoms with van der Waals surface area (Å²) in [4.78, 5) is 17.7. The summed E-state index contributed by atoms with van der Waals surface area (Å²) in [7, 11) is 0. The van der Waals surface area contributed by atoms with Crippen molar-refractivity contribution in [2.45, 2.75) is 24.5 Å². The first-order valence-corrected chi connectivity index (χ1v) is 10.8. The minimum atomic E-state index is -1.60. The van der Waals surface area contributed by atoms with Gasteiger partial charge in [0.2, 0.25) is 0 Å². The Morgan fingerprint density at radius 2 is 1.75 bits per heavy atom. The van der Waals surface area contributed by atoms with Crippen molar-refractivity contribution in [2.75, 3.05) is 50.8 Å². The Morgan fingerprint density at radius 1 is 1.11 bits per heavy atom. The van der Waals surface area contributed by atoms with Gasteiger partial charge >= 0.3 is 5.97 Å². The van der Waals surface area contributed by atoms with Crippen LogP contribution in [0.1, 0.15) is 18.4 Å². The Labute approximate surface area is 184 Å². The fraction of sp³-hybridized carbons (Fsp3) is 0.650. The molecule has 0 saturated carbocycles. The molecule has 0 radical (unpaired) electrons. The molecular weight excluding hydrogens is 419 g/mol. The maximum absolute atomic E-state index is 13.2. The number of benzene rings is 1. The molecule has 1 aromatic carbocycles. The first kappa shape index (κ1) is 23.8. The molecule has 28 heavy (non-hydrogen) atoms. The number of ether oxygens (including phenoxy) is 1. The molecule has 2 atom stereocenters. The molecule has 0 aliphatic carbocycles. The summed E-state index contributed by atoms with van der Waals surface area (Å²) in [6.07, 6.45) is 2.09. The lowest BCUT2D eigenvalue weighted by molar-refractivity contribution is -0.183. The van der Waals surface area contributed by atoms with Crippen molar-refractivity contribution in [1.29, 1.82) is 0 Å². The molecule has 4 aliphatic heterocycles. The molecule has 4 heterocycles. The van der Waals surface area contributed by atoms with E-state index in [4.69, 9.17) is 4.74 Å². The lowest BCUT2D eigenvalue weighted by atomic mass is 9.85. The van der Waals surface area contributed by atoms with Crippen LogP contribution in [0.2, 0.25) is 0 Å². The number of hydrogen-bond donors (Lipinski definition) is 1. The van der Waals surface area contributed by atoms with E-state index in [1.54, 1.807) is 0 Å². The minimum Gasteiger partial charge on any atom is -0.458 e. The summed E-state index contributed by atoms with van der Waals surface area (Å²) in [5.41, 5.74) is -0.973. The molecule has 1 aromatic rings. The SMILES string of the molecule is Cl.Cl.O=C(OC1CN2CCC1CC2)C(O)(CN1CCSCC1)c1ccccc1. The highest BCUT2D eigenvalue weighted by Gasteiger charge is 2.45. The number of carbonyl (C=O) groups excluding carboxylic acids is 1. The van der Waals surface area contributed by atoms with E-state index in [2.05, 4.69) is 9.80 Å². The van der Waals surface area contributed by atoms with Crippen LogP contribution in [-0.2, 0) is 15.1 Å². The molecule has 5 rings (SSSR count). The van der Waals surface area contributed by atoms with Crippen molar-refractivity contribution >= 4 is 42.5 Å². The lowest BCUT2D eigenvalue weighted by Crippen LogP contribution is -2.55. The van der Waals surface area contributed by atoms with E-state index in [0.29, 0.717) is 18.0 Å². The van der Waals surface area contributed by atoms with Crippen LogP contribution in [0.3, 0.4) is 0 Å². The second kappa shape index (κ2) is 10.5. The number of fused-ring (bicyclic) bond motifs is 3. The van der Waals surface area contributed by atoms with E-state index in [9.17, 15) is 9.90 Å². The van der Waals surface area contributed by atoms with Crippen LogP contribution in [0.4, 0.5) is 0 Å². The van der Waals surface area contributed by atoms with E-state index < -0.39 is 11.6 Å². The molecule has 4 aliphatic rings. The predicted octanol–water partition coefficient (Wildman–Crippen LogP) is 2.40. The van der Waals surface area contributed by atoms with Crippen molar-refractivity contribution in [3.63, 3.8) is 0 Å². The fourth-order valence-corrected chi connectivity index (χ4v) is 5.33. The van der Waals surface area contributed by atoms with Crippen LogP contribution in [0.5, 0.6) is 0 Å². The van der Waals surface area contributed by atoms with Crippen LogP contribution in [0.25, 0.3) is 0 Å². The van der Waals surface area contributed by atoms with Gasteiger partial charge in [-0.2, -0.15) is 11.8 Å². The van der Waals surface area contributed by atoms with Gasteiger partial charge in [-0.25, -0.2) is 4.79 Å². The summed E-state index contributed by atoms with van der Waals surface area (Å²) in [5.74, 6) is 2.04. The zero-order valence-electron chi connectivity index (χ0n) is 16.0. The number of nitrogens with zero attached hydrogens (tertiary/aromatic N) is 2. The van der Waals surface area contributed by atoms with Crippen LogP contribution in [0, 0.1) is 5.92 Å². The first-order valence-electron chi connectivity index (χ1n) is 9.66. The number of esters is 1. The van der Waals surface area contributed by atoms with E-state index in [0.717, 1.165) is 57.1 Å². The number of piperidine rings is 3. The topological polar surface area (TPSA) is 53.0 Å². The van der Waals surface area contributed by atoms with Crippen molar-refractivity contribution in [1.82, 2.24) is 9.80 Å². The minimum absolute atomic E-state index is 0. The van der Waals surface area contributed by atoms with Crippen LogP contribution in [0.15, 0.2) is 30.3 Å². The molecule has 158 valence electrons. The van der Waals surface area contributed by atoms with Gasteiger partial charge in [-0.05, 0) is 37.4 Å².